The van der Waals surface area contributed by atoms with E-state index in [0.29, 0.717) is 16.7 Å². The standard InChI is InChI=1S/C32H37FN2O12/c1-29-9-8-21(36)11-20(29)6-7-22-23-12-24(37)32(42,30(23,2)13-25(38)31(22,29)33)26(39)17-46-28(41)34-14-27(40)45-15-18-4-3-5-19(10-18)16-47-35(43)44/h3-6,8-10,22-25,37-38,42H,7,11-17H2,1-2H3,(H,34,41)/t22-,23-,24+,25-,29-,30-,31-,32-/m0/s1. The number of allylic oxidation sites excluding steroid dienone is 4. The smallest absolute Gasteiger partial charge is 0.408 e. The molecule has 0 unspecified atom stereocenters. The summed E-state index contributed by atoms with van der Waals surface area (Å²) in [5.41, 5.74) is -5.95. The van der Waals surface area contributed by atoms with Crippen LogP contribution in [0, 0.1) is 32.8 Å². The van der Waals surface area contributed by atoms with Crippen molar-refractivity contribution in [1.29, 1.82) is 0 Å². The van der Waals surface area contributed by atoms with Gasteiger partial charge in [0.2, 0.25) is 5.78 Å². The highest BCUT2D eigenvalue weighted by atomic mass is 19.1. The molecule has 254 valence electrons. The van der Waals surface area contributed by atoms with Gasteiger partial charge >= 0.3 is 12.1 Å². The van der Waals surface area contributed by atoms with E-state index in [2.05, 4.69) is 10.2 Å². The Bertz CT molecular complexity index is 1550. The number of esters is 1. The molecule has 0 radical (unpaired) electrons. The summed E-state index contributed by atoms with van der Waals surface area (Å²) in [6, 6.07) is 6.32. The molecule has 2 fully saturated rings. The van der Waals surface area contributed by atoms with Crippen LogP contribution in [0.2, 0.25) is 0 Å². The number of alkyl carbamates (subject to hydrolysis) is 1. The van der Waals surface area contributed by atoms with Gasteiger partial charge in [0.15, 0.2) is 23.7 Å². The third-order valence-corrected chi connectivity index (χ3v) is 10.7. The van der Waals surface area contributed by atoms with Gasteiger partial charge in [-0.05, 0) is 49.3 Å². The van der Waals surface area contributed by atoms with Gasteiger partial charge in [-0.3, -0.25) is 14.4 Å². The molecule has 2 saturated carbocycles. The summed E-state index contributed by atoms with van der Waals surface area (Å²) in [5.74, 6) is -3.72. The normalized spacial score (nSPS) is 35.4. The quantitative estimate of drug-likeness (QED) is 0.122. The van der Waals surface area contributed by atoms with Gasteiger partial charge in [0, 0.05) is 23.2 Å². The molecule has 14 nitrogen and oxygen atoms in total. The number of halogens is 1. The Labute approximate surface area is 268 Å². The van der Waals surface area contributed by atoms with Crippen molar-refractivity contribution in [3.8, 4) is 0 Å². The van der Waals surface area contributed by atoms with E-state index in [4.69, 9.17) is 9.47 Å². The monoisotopic (exact) mass is 660 g/mol. The second kappa shape index (κ2) is 12.4. The SMILES string of the molecule is C[C@]12C=CC(=O)CC1=CC[C@H]1[C@@H]3C[C@@H](O)[C@](O)(C(=O)COC(=O)NCC(=O)OCc4cccc(CO[N+](=O)[O-])c4)[C@@]3(C)C[C@H](O)[C@@]12F. The number of aliphatic hydroxyl groups is 3. The number of benzene rings is 1. The summed E-state index contributed by atoms with van der Waals surface area (Å²) in [7, 11) is 0. The fourth-order valence-electron chi connectivity index (χ4n) is 8.22. The average Bonchev–Trinajstić information content (AvgIpc) is 3.23. The van der Waals surface area contributed by atoms with Crippen molar-refractivity contribution in [3.63, 3.8) is 0 Å². The second-order valence-corrected chi connectivity index (χ2v) is 13.1. The maximum Gasteiger partial charge on any atom is 0.408 e. The van der Waals surface area contributed by atoms with Crippen LogP contribution in [0.4, 0.5) is 9.18 Å². The number of ketones is 2. The molecule has 0 aromatic heterocycles. The van der Waals surface area contributed by atoms with Crippen LogP contribution in [0.15, 0.2) is 48.1 Å². The molecule has 1 aromatic carbocycles. The Kier molecular flexibility index (Phi) is 9.03. The van der Waals surface area contributed by atoms with Crippen molar-refractivity contribution in [2.45, 2.75) is 76.2 Å². The largest absolute Gasteiger partial charge is 0.460 e. The molecule has 1 amide bonds. The predicted octanol–water partition coefficient (Wildman–Crippen LogP) is 1.81. The second-order valence-electron chi connectivity index (χ2n) is 13.1. The molecule has 0 spiro atoms. The summed E-state index contributed by atoms with van der Waals surface area (Å²) >= 11 is 0. The molecule has 0 saturated heterocycles. The highest BCUT2D eigenvalue weighted by Gasteiger charge is 2.76. The van der Waals surface area contributed by atoms with Crippen LogP contribution in [0.3, 0.4) is 0 Å². The number of nitrogens with zero attached hydrogens (tertiary/aromatic N) is 1. The minimum Gasteiger partial charge on any atom is -0.460 e. The molecule has 8 atom stereocenters. The number of nitrogens with one attached hydrogen (secondary N) is 1. The first-order valence-electron chi connectivity index (χ1n) is 15.2. The third kappa shape index (κ3) is 5.69. The van der Waals surface area contributed by atoms with Gasteiger partial charge in [-0.1, -0.05) is 48.9 Å². The maximum atomic E-state index is 17.2. The van der Waals surface area contributed by atoms with Gasteiger partial charge in [-0.2, -0.15) is 0 Å². The Morgan fingerprint density at radius 1 is 1.11 bits per heavy atom. The van der Waals surface area contributed by atoms with Gasteiger partial charge < -0.3 is 34.9 Å². The molecule has 4 N–H and O–H groups in total. The number of hydrogen-bond donors (Lipinski definition) is 4. The van der Waals surface area contributed by atoms with E-state index in [1.165, 1.54) is 25.1 Å². The maximum absolute atomic E-state index is 17.2. The Morgan fingerprint density at radius 3 is 2.51 bits per heavy atom. The Morgan fingerprint density at radius 2 is 1.81 bits per heavy atom. The van der Waals surface area contributed by atoms with Crippen molar-refractivity contribution in [3.05, 3.63) is 69.3 Å². The summed E-state index contributed by atoms with van der Waals surface area (Å²) in [5, 5.41) is 45.8. The zero-order valence-corrected chi connectivity index (χ0v) is 25.8. The number of hydrogen-bond acceptors (Lipinski definition) is 12. The van der Waals surface area contributed by atoms with Crippen molar-refractivity contribution in [1.82, 2.24) is 5.32 Å². The Hall–Kier alpha value is -4.21. The lowest BCUT2D eigenvalue weighted by atomic mass is 9.45. The molecular weight excluding hydrogens is 623 g/mol. The average molecular weight is 661 g/mol. The van der Waals surface area contributed by atoms with Crippen LogP contribution in [0.1, 0.15) is 50.7 Å². The van der Waals surface area contributed by atoms with E-state index in [9.17, 15) is 44.6 Å². The summed E-state index contributed by atoms with van der Waals surface area (Å²) in [4.78, 5) is 64.6. The molecule has 0 aliphatic heterocycles. The van der Waals surface area contributed by atoms with Crippen LogP contribution in [-0.4, -0.2) is 80.7 Å². The van der Waals surface area contributed by atoms with Crippen LogP contribution >= 0.6 is 0 Å². The third-order valence-electron chi connectivity index (χ3n) is 10.7. The number of alkyl halides is 1. The number of Topliss-reactive ketones (excluding diaryl/α,β-unsaturated/α-hetero) is 1. The summed E-state index contributed by atoms with van der Waals surface area (Å²) in [6.07, 6.45) is -0.287. The molecule has 15 heteroatoms. The number of fused-ring (bicyclic) bond motifs is 5. The molecule has 47 heavy (non-hydrogen) atoms. The van der Waals surface area contributed by atoms with E-state index >= 15 is 4.39 Å². The fourth-order valence-corrected chi connectivity index (χ4v) is 8.22. The lowest BCUT2D eigenvalue weighted by molar-refractivity contribution is -0.763. The summed E-state index contributed by atoms with van der Waals surface area (Å²) < 4.78 is 27.3. The Balaban J connectivity index is 1.18. The first-order valence-corrected chi connectivity index (χ1v) is 15.2. The molecular formula is C32H37FN2O12. The zero-order chi connectivity index (χ0) is 34.4. The lowest BCUT2D eigenvalue weighted by Gasteiger charge is -2.61. The van der Waals surface area contributed by atoms with E-state index < -0.39 is 82.2 Å². The number of carbonyl (C=O) groups is 4. The predicted molar refractivity (Wildman–Crippen MR) is 157 cm³/mol. The molecule has 4 aliphatic rings. The van der Waals surface area contributed by atoms with E-state index in [1.807, 2.05) is 0 Å². The molecule has 0 heterocycles. The summed E-state index contributed by atoms with van der Waals surface area (Å²) in [6.45, 7) is 1.03. The number of amides is 1. The van der Waals surface area contributed by atoms with Crippen molar-refractivity contribution < 1.29 is 58.3 Å². The van der Waals surface area contributed by atoms with Crippen LogP contribution in [-0.2, 0) is 41.9 Å². The number of aliphatic hydroxyl groups excluding tert-OH is 2. The first-order chi connectivity index (χ1) is 22.1. The minimum atomic E-state index is -2.48. The van der Waals surface area contributed by atoms with Crippen molar-refractivity contribution in [2.75, 3.05) is 13.2 Å². The van der Waals surface area contributed by atoms with E-state index in [0.717, 1.165) is 0 Å². The van der Waals surface area contributed by atoms with E-state index in [-0.39, 0.29) is 44.7 Å². The topological polar surface area (TPSA) is 212 Å². The molecule has 4 aliphatic carbocycles. The van der Waals surface area contributed by atoms with Crippen molar-refractivity contribution >= 4 is 23.6 Å². The zero-order valence-electron chi connectivity index (χ0n) is 25.8. The first kappa shape index (κ1) is 34.1. The number of ether oxygens (including phenoxy) is 2. The highest BCUT2D eigenvalue weighted by Crippen LogP contribution is 2.69. The lowest BCUT2D eigenvalue weighted by Crippen LogP contribution is -2.69. The van der Waals surface area contributed by atoms with E-state index in [1.54, 1.807) is 31.2 Å². The molecule has 0 bridgehead atoms. The minimum absolute atomic E-state index is 0.0275. The molecule has 5 rings (SSSR count). The van der Waals surface area contributed by atoms with Crippen LogP contribution in [0.25, 0.3) is 0 Å². The van der Waals surface area contributed by atoms with Gasteiger partial charge in [0.05, 0.1) is 12.2 Å². The van der Waals surface area contributed by atoms with Gasteiger partial charge in [-0.15, -0.1) is 10.1 Å². The fraction of sp³-hybridized carbons (Fsp3) is 0.562. The molecule has 1 aromatic rings. The highest BCUT2D eigenvalue weighted by molar-refractivity contribution is 5.94. The van der Waals surface area contributed by atoms with Crippen molar-refractivity contribution in [2.24, 2.45) is 22.7 Å². The van der Waals surface area contributed by atoms with Crippen LogP contribution < -0.4 is 5.32 Å². The number of carbonyl (C=O) groups excluding carboxylic acids is 4. The van der Waals surface area contributed by atoms with Crippen LogP contribution in [0.5, 0.6) is 0 Å². The van der Waals surface area contributed by atoms with Gasteiger partial charge in [0.1, 0.15) is 19.8 Å². The number of rotatable bonds is 10. The van der Waals surface area contributed by atoms with Gasteiger partial charge in [-0.25, -0.2) is 9.18 Å². The van der Waals surface area contributed by atoms with Gasteiger partial charge in [0.25, 0.3) is 5.09 Å².